The smallest absolute Gasteiger partial charge is 0.315 e. The molecule has 2 heterocycles. The van der Waals surface area contributed by atoms with Crippen molar-refractivity contribution >= 4 is 15.9 Å². The van der Waals surface area contributed by atoms with Crippen LogP contribution in [0.5, 0.6) is 0 Å². The van der Waals surface area contributed by atoms with Crippen molar-refractivity contribution in [2.45, 2.75) is 51.7 Å². The van der Waals surface area contributed by atoms with Gasteiger partial charge in [0.25, 0.3) is 0 Å². The van der Waals surface area contributed by atoms with Gasteiger partial charge in [0.15, 0.2) is 9.84 Å². The second kappa shape index (κ2) is 5.69. The number of hydrogen-bond donors (Lipinski definition) is 2. The lowest BCUT2D eigenvalue weighted by molar-refractivity contribution is 0.383. The average Bonchev–Trinajstić information content (AvgIpc) is 2.72. The van der Waals surface area contributed by atoms with E-state index in [0.717, 1.165) is 6.42 Å². The highest BCUT2D eigenvalue weighted by Gasteiger charge is 2.25. The Morgan fingerprint density at radius 3 is 2.75 bits per heavy atom. The first-order valence-corrected chi connectivity index (χ1v) is 8.60. The standard InChI is InChI=1S/C12H22N4O3S/c1-12(2,3)13-7-10-15-16-11(19-10)14-9-5-4-6-20(17,18)8-9/h9,13H,4-8H2,1-3H3,(H,14,16). The molecule has 1 aliphatic heterocycles. The van der Waals surface area contributed by atoms with E-state index in [1.54, 1.807) is 0 Å². The van der Waals surface area contributed by atoms with Crippen LogP contribution in [0.15, 0.2) is 4.42 Å². The lowest BCUT2D eigenvalue weighted by Gasteiger charge is -2.21. The molecule has 0 radical (unpaired) electrons. The second-order valence-corrected chi connectivity index (χ2v) is 8.43. The summed E-state index contributed by atoms with van der Waals surface area (Å²) in [5.41, 5.74) is -0.0283. The van der Waals surface area contributed by atoms with Crippen LogP contribution >= 0.6 is 0 Å². The van der Waals surface area contributed by atoms with E-state index in [1.807, 2.05) is 0 Å². The van der Waals surface area contributed by atoms with Gasteiger partial charge in [0.05, 0.1) is 18.1 Å². The van der Waals surface area contributed by atoms with Crippen molar-refractivity contribution in [2.24, 2.45) is 0 Å². The Bertz CT molecular complexity index is 547. The maximum absolute atomic E-state index is 11.6. The van der Waals surface area contributed by atoms with E-state index < -0.39 is 9.84 Å². The normalized spacial score (nSPS) is 22.6. The van der Waals surface area contributed by atoms with Gasteiger partial charge in [0.1, 0.15) is 0 Å². The van der Waals surface area contributed by atoms with Crippen LogP contribution < -0.4 is 10.6 Å². The monoisotopic (exact) mass is 302 g/mol. The van der Waals surface area contributed by atoms with Crippen LogP contribution in [0.4, 0.5) is 6.01 Å². The SMILES string of the molecule is CC(C)(C)NCc1nnc(NC2CCCS(=O)(=O)C2)o1. The van der Waals surface area contributed by atoms with Crippen molar-refractivity contribution in [2.75, 3.05) is 16.8 Å². The highest BCUT2D eigenvalue weighted by molar-refractivity contribution is 7.91. The van der Waals surface area contributed by atoms with Crippen LogP contribution in [0.25, 0.3) is 0 Å². The fourth-order valence-electron chi connectivity index (χ4n) is 2.04. The largest absolute Gasteiger partial charge is 0.407 e. The molecule has 0 bridgehead atoms. The molecule has 0 saturated carbocycles. The fourth-order valence-corrected chi connectivity index (χ4v) is 3.67. The van der Waals surface area contributed by atoms with E-state index in [9.17, 15) is 8.42 Å². The summed E-state index contributed by atoms with van der Waals surface area (Å²) in [5.74, 6) is 0.891. The van der Waals surface area contributed by atoms with Gasteiger partial charge >= 0.3 is 6.01 Å². The number of aromatic nitrogens is 2. The van der Waals surface area contributed by atoms with Gasteiger partial charge in [0, 0.05) is 11.6 Å². The third-order valence-electron chi connectivity index (χ3n) is 3.03. The average molecular weight is 302 g/mol. The van der Waals surface area contributed by atoms with Crippen LogP contribution in [0.3, 0.4) is 0 Å². The van der Waals surface area contributed by atoms with Gasteiger partial charge in [-0.05, 0) is 33.6 Å². The van der Waals surface area contributed by atoms with Gasteiger partial charge in [-0.15, -0.1) is 5.10 Å². The molecule has 7 nitrogen and oxygen atoms in total. The summed E-state index contributed by atoms with van der Waals surface area (Å²) in [7, 11) is -2.94. The molecule has 1 unspecified atom stereocenters. The molecule has 0 amide bonds. The number of sulfone groups is 1. The molecule has 1 aromatic rings. The molecule has 1 aromatic heterocycles. The van der Waals surface area contributed by atoms with Crippen molar-refractivity contribution in [3.05, 3.63) is 5.89 Å². The Hall–Kier alpha value is -1.15. The highest BCUT2D eigenvalue weighted by Crippen LogP contribution is 2.17. The molecule has 8 heteroatoms. The molecule has 1 atom stereocenters. The number of rotatable bonds is 4. The van der Waals surface area contributed by atoms with Crippen LogP contribution in [0, 0.1) is 0 Å². The summed E-state index contributed by atoms with van der Waals surface area (Å²) >= 11 is 0. The van der Waals surface area contributed by atoms with Gasteiger partial charge in [-0.25, -0.2) is 8.42 Å². The predicted molar refractivity (Wildman–Crippen MR) is 76.2 cm³/mol. The summed E-state index contributed by atoms with van der Waals surface area (Å²) in [6, 6.07) is 0.149. The third-order valence-corrected chi connectivity index (χ3v) is 4.85. The van der Waals surface area contributed by atoms with Crippen LogP contribution in [0.1, 0.15) is 39.5 Å². The molecule has 114 valence electrons. The summed E-state index contributed by atoms with van der Waals surface area (Å²) in [4.78, 5) is 0. The minimum absolute atomic E-state index is 0.0283. The Morgan fingerprint density at radius 1 is 1.35 bits per heavy atom. The minimum Gasteiger partial charge on any atom is -0.407 e. The number of hydrogen-bond acceptors (Lipinski definition) is 7. The van der Waals surface area contributed by atoms with E-state index in [2.05, 4.69) is 41.6 Å². The van der Waals surface area contributed by atoms with Crippen LogP contribution in [-0.2, 0) is 16.4 Å². The summed E-state index contributed by atoms with van der Waals surface area (Å²) in [6.07, 6.45) is 1.48. The van der Waals surface area contributed by atoms with Gasteiger partial charge in [0.2, 0.25) is 5.89 Å². The maximum atomic E-state index is 11.6. The number of anilines is 1. The molecular formula is C12H22N4O3S. The van der Waals surface area contributed by atoms with E-state index in [4.69, 9.17) is 4.42 Å². The van der Waals surface area contributed by atoms with E-state index >= 15 is 0 Å². The number of nitrogens with zero attached hydrogens (tertiary/aromatic N) is 2. The van der Waals surface area contributed by atoms with Gasteiger partial charge in [-0.1, -0.05) is 5.10 Å². The third kappa shape index (κ3) is 4.75. The molecular weight excluding hydrogens is 280 g/mol. The van der Waals surface area contributed by atoms with E-state index in [-0.39, 0.29) is 29.1 Å². The molecule has 2 rings (SSSR count). The topological polar surface area (TPSA) is 97.1 Å². The predicted octanol–water partition coefficient (Wildman–Crippen LogP) is 0.947. The van der Waals surface area contributed by atoms with Crippen molar-refractivity contribution in [1.82, 2.24) is 15.5 Å². The molecule has 1 fully saturated rings. The van der Waals surface area contributed by atoms with E-state index in [0.29, 0.717) is 18.9 Å². The molecule has 0 aromatic carbocycles. The van der Waals surface area contributed by atoms with Gasteiger partial charge in [-0.3, -0.25) is 0 Å². The molecule has 20 heavy (non-hydrogen) atoms. The van der Waals surface area contributed by atoms with E-state index in [1.165, 1.54) is 0 Å². The van der Waals surface area contributed by atoms with Crippen LogP contribution in [0.2, 0.25) is 0 Å². The molecule has 2 N–H and O–H groups in total. The van der Waals surface area contributed by atoms with Crippen molar-refractivity contribution in [3.63, 3.8) is 0 Å². The highest BCUT2D eigenvalue weighted by atomic mass is 32.2. The minimum atomic E-state index is -2.94. The van der Waals surface area contributed by atoms with Crippen molar-refractivity contribution in [1.29, 1.82) is 0 Å². The Kier molecular flexibility index (Phi) is 4.33. The Balaban J connectivity index is 1.89. The quantitative estimate of drug-likeness (QED) is 0.854. The van der Waals surface area contributed by atoms with Gasteiger partial charge in [-0.2, -0.15) is 0 Å². The molecule has 1 aliphatic rings. The maximum Gasteiger partial charge on any atom is 0.315 e. The van der Waals surface area contributed by atoms with Crippen LogP contribution in [-0.4, -0.2) is 41.7 Å². The lowest BCUT2D eigenvalue weighted by Crippen LogP contribution is -2.35. The Labute approximate surface area is 119 Å². The molecule has 0 aliphatic carbocycles. The van der Waals surface area contributed by atoms with Crippen molar-refractivity contribution in [3.8, 4) is 0 Å². The van der Waals surface area contributed by atoms with Crippen molar-refractivity contribution < 1.29 is 12.8 Å². The first-order valence-electron chi connectivity index (χ1n) is 6.78. The zero-order valence-electron chi connectivity index (χ0n) is 12.1. The first kappa shape index (κ1) is 15.2. The summed E-state index contributed by atoms with van der Waals surface area (Å²) < 4.78 is 28.6. The molecule has 1 saturated heterocycles. The summed E-state index contributed by atoms with van der Waals surface area (Å²) in [5, 5.41) is 14.1. The second-order valence-electron chi connectivity index (χ2n) is 6.20. The fraction of sp³-hybridized carbons (Fsp3) is 0.833. The Morgan fingerprint density at radius 2 is 2.10 bits per heavy atom. The summed E-state index contributed by atoms with van der Waals surface area (Å²) in [6.45, 7) is 6.64. The first-order chi connectivity index (χ1) is 9.23. The molecule has 0 spiro atoms. The zero-order valence-corrected chi connectivity index (χ0v) is 13.0. The number of nitrogens with one attached hydrogen (secondary N) is 2. The zero-order chi connectivity index (χ0) is 14.8. The lowest BCUT2D eigenvalue weighted by atomic mass is 10.1. The van der Waals surface area contributed by atoms with Gasteiger partial charge < -0.3 is 15.1 Å².